The molecule has 1 heterocycles. The maximum Gasteiger partial charge on any atom is 0.254 e. The lowest BCUT2D eigenvalue weighted by molar-refractivity contribution is 0.0743. The van der Waals surface area contributed by atoms with E-state index in [1.165, 1.54) is 0 Å². The Bertz CT molecular complexity index is 451. The van der Waals surface area contributed by atoms with E-state index in [-0.39, 0.29) is 11.9 Å². The largest absolute Gasteiger partial charge is 0.384 e. The van der Waals surface area contributed by atoms with Crippen molar-refractivity contribution in [2.75, 3.05) is 24.8 Å². The van der Waals surface area contributed by atoms with Crippen LogP contribution in [0.15, 0.2) is 12.1 Å². The number of amides is 1. The number of aromatic nitrogens is 1. The Morgan fingerprint density at radius 3 is 2.70 bits per heavy atom. The maximum atomic E-state index is 12.6. The molecular weight excluding hydrogens is 270 g/mol. The van der Waals surface area contributed by atoms with Gasteiger partial charge < -0.3 is 10.6 Å². The smallest absolute Gasteiger partial charge is 0.254 e. The van der Waals surface area contributed by atoms with Gasteiger partial charge in [-0.2, -0.15) is 11.8 Å². The lowest BCUT2D eigenvalue weighted by Gasteiger charge is -2.27. The number of rotatable bonds is 7. The fraction of sp³-hybridized carbons (Fsp3) is 0.600. The summed E-state index contributed by atoms with van der Waals surface area (Å²) in [4.78, 5) is 18.7. The molecule has 4 nitrogen and oxygen atoms in total. The zero-order valence-corrected chi connectivity index (χ0v) is 13.7. The normalized spacial score (nSPS) is 12.2. The number of carbonyl (C=O) groups is 1. The summed E-state index contributed by atoms with van der Waals surface area (Å²) in [6.45, 7) is 4.19. The van der Waals surface area contributed by atoms with Crippen LogP contribution in [0.2, 0.25) is 0 Å². The van der Waals surface area contributed by atoms with Gasteiger partial charge in [0.1, 0.15) is 5.82 Å². The summed E-state index contributed by atoms with van der Waals surface area (Å²) in [5.41, 5.74) is 7.34. The first-order valence-electron chi connectivity index (χ1n) is 7.05. The highest BCUT2D eigenvalue weighted by molar-refractivity contribution is 7.98. The number of anilines is 1. The van der Waals surface area contributed by atoms with Crippen LogP contribution in [0.3, 0.4) is 0 Å². The predicted molar refractivity (Wildman–Crippen MR) is 87.2 cm³/mol. The number of hydrogen-bond acceptors (Lipinski definition) is 4. The Balaban J connectivity index is 2.95. The van der Waals surface area contributed by atoms with Crippen molar-refractivity contribution in [1.82, 2.24) is 9.88 Å². The second-order valence-electron chi connectivity index (χ2n) is 4.96. The quantitative estimate of drug-likeness (QED) is 0.840. The van der Waals surface area contributed by atoms with E-state index in [0.29, 0.717) is 11.4 Å². The highest BCUT2D eigenvalue weighted by Gasteiger charge is 2.20. The van der Waals surface area contributed by atoms with Gasteiger partial charge in [-0.1, -0.05) is 20.3 Å². The molecule has 0 saturated carbocycles. The SMILES string of the molecule is CCCc1cc(C(=O)N(C)C(CC)CSC)cc(N)n1. The zero-order valence-electron chi connectivity index (χ0n) is 12.8. The third-order valence-corrected chi connectivity index (χ3v) is 4.07. The average Bonchev–Trinajstić information content (AvgIpc) is 2.43. The first-order chi connectivity index (χ1) is 9.53. The van der Waals surface area contributed by atoms with E-state index in [0.717, 1.165) is 30.7 Å². The monoisotopic (exact) mass is 295 g/mol. The van der Waals surface area contributed by atoms with E-state index in [2.05, 4.69) is 25.1 Å². The van der Waals surface area contributed by atoms with Crippen LogP contribution in [0, 0.1) is 0 Å². The van der Waals surface area contributed by atoms with Gasteiger partial charge >= 0.3 is 0 Å². The van der Waals surface area contributed by atoms with Crippen molar-refractivity contribution in [3.63, 3.8) is 0 Å². The molecule has 0 aromatic carbocycles. The fourth-order valence-electron chi connectivity index (χ4n) is 2.18. The Hall–Kier alpha value is -1.23. The Labute approximate surface area is 126 Å². The Kier molecular flexibility index (Phi) is 6.85. The van der Waals surface area contributed by atoms with Gasteiger partial charge in [0, 0.05) is 30.1 Å². The topological polar surface area (TPSA) is 59.2 Å². The fourth-order valence-corrected chi connectivity index (χ4v) is 3.03. The molecule has 20 heavy (non-hydrogen) atoms. The highest BCUT2D eigenvalue weighted by atomic mass is 32.2. The van der Waals surface area contributed by atoms with Crippen molar-refractivity contribution >= 4 is 23.5 Å². The van der Waals surface area contributed by atoms with Crippen LogP contribution in [-0.4, -0.2) is 40.9 Å². The van der Waals surface area contributed by atoms with E-state index in [1.54, 1.807) is 17.8 Å². The minimum atomic E-state index is 0.0253. The van der Waals surface area contributed by atoms with E-state index < -0.39 is 0 Å². The molecule has 1 amide bonds. The molecule has 1 aromatic heterocycles. The highest BCUT2D eigenvalue weighted by Crippen LogP contribution is 2.15. The molecule has 0 bridgehead atoms. The van der Waals surface area contributed by atoms with Crippen LogP contribution in [0.1, 0.15) is 42.7 Å². The Morgan fingerprint density at radius 1 is 1.45 bits per heavy atom. The summed E-state index contributed by atoms with van der Waals surface area (Å²) in [6, 6.07) is 3.79. The molecule has 1 atom stereocenters. The van der Waals surface area contributed by atoms with Crippen molar-refractivity contribution in [3.8, 4) is 0 Å². The number of aryl methyl sites for hydroxylation is 1. The van der Waals surface area contributed by atoms with Crippen LogP contribution >= 0.6 is 11.8 Å². The van der Waals surface area contributed by atoms with Gasteiger partial charge in [0.15, 0.2) is 0 Å². The molecule has 5 heteroatoms. The molecule has 0 aliphatic rings. The molecule has 0 radical (unpaired) electrons. The molecule has 112 valence electrons. The summed E-state index contributed by atoms with van der Waals surface area (Å²) in [5.74, 6) is 1.39. The second kappa shape index (κ2) is 8.15. The summed E-state index contributed by atoms with van der Waals surface area (Å²) in [6.07, 6.45) is 4.84. The van der Waals surface area contributed by atoms with Crippen LogP contribution in [-0.2, 0) is 6.42 Å². The molecule has 0 spiro atoms. The summed E-state index contributed by atoms with van der Waals surface area (Å²) >= 11 is 1.76. The summed E-state index contributed by atoms with van der Waals surface area (Å²) in [7, 11) is 1.86. The van der Waals surface area contributed by atoms with E-state index in [4.69, 9.17) is 5.73 Å². The van der Waals surface area contributed by atoms with Gasteiger partial charge in [0.05, 0.1) is 0 Å². The zero-order chi connectivity index (χ0) is 15.1. The van der Waals surface area contributed by atoms with Crippen molar-refractivity contribution in [3.05, 3.63) is 23.4 Å². The third kappa shape index (κ3) is 4.40. The molecule has 0 fully saturated rings. The maximum absolute atomic E-state index is 12.6. The summed E-state index contributed by atoms with van der Waals surface area (Å²) in [5, 5.41) is 0. The molecule has 0 aliphatic carbocycles. The van der Waals surface area contributed by atoms with E-state index in [1.807, 2.05) is 18.0 Å². The second-order valence-corrected chi connectivity index (χ2v) is 5.87. The van der Waals surface area contributed by atoms with Crippen LogP contribution < -0.4 is 5.73 Å². The number of hydrogen-bond donors (Lipinski definition) is 1. The van der Waals surface area contributed by atoms with Crippen molar-refractivity contribution in [2.45, 2.75) is 39.2 Å². The van der Waals surface area contributed by atoms with Gasteiger partial charge in [0.25, 0.3) is 5.91 Å². The van der Waals surface area contributed by atoms with E-state index in [9.17, 15) is 4.79 Å². The van der Waals surface area contributed by atoms with Gasteiger partial charge in [0.2, 0.25) is 0 Å². The number of nitrogen functional groups attached to an aromatic ring is 1. The minimum absolute atomic E-state index is 0.0253. The molecule has 1 unspecified atom stereocenters. The standard InChI is InChI=1S/C15H25N3OS/c1-5-7-12-8-11(9-14(16)17-12)15(19)18(3)13(6-2)10-20-4/h8-9,13H,5-7,10H2,1-4H3,(H2,16,17). The molecular formula is C15H25N3OS. The molecule has 1 aromatic rings. The number of pyridine rings is 1. The average molecular weight is 295 g/mol. The Morgan fingerprint density at radius 2 is 2.15 bits per heavy atom. The van der Waals surface area contributed by atoms with Gasteiger partial charge in [-0.3, -0.25) is 4.79 Å². The van der Waals surface area contributed by atoms with Crippen LogP contribution in [0.25, 0.3) is 0 Å². The third-order valence-electron chi connectivity index (χ3n) is 3.35. The minimum Gasteiger partial charge on any atom is -0.384 e. The van der Waals surface area contributed by atoms with Gasteiger partial charge in [-0.25, -0.2) is 4.98 Å². The predicted octanol–water partition coefficient (Wildman–Crippen LogP) is 2.83. The molecule has 0 aliphatic heterocycles. The number of nitrogens with zero attached hydrogens (tertiary/aromatic N) is 2. The van der Waals surface area contributed by atoms with Gasteiger partial charge in [-0.15, -0.1) is 0 Å². The number of thioether (sulfide) groups is 1. The van der Waals surface area contributed by atoms with E-state index >= 15 is 0 Å². The van der Waals surface area contributed by atoms with Crippen LogP contribution in [0.4, 0.5) is 5.82 Å². The number of nitrogens with two attached hydrogens (primary N) is 1. The molecule has 0 saturated heterocycles. The lowest BCUT2D eigenvalue weighted by Crippen LogP contribution is -2.38. The van der Waals surface area contributed by atoms with Crippen molar-refractivity contribution in [2.24, 2.45) is 0 Å². The number of carbonyl (C=O) groups excluding carboxylic acids is 1. The first-order valence-corrected chi connectivity index (χ1v) is 8.45. The first kappa shape index (κ1) is 16.8. The van der Waals surface area contributed by atoms with Gasteiger partial charge in [-0.05, 0) is 31.2 Å². The van der Waals surface area contributed by atoms with Crippen molar-refractivity contribution < 1.29 is 4.79 Å². The lowest BCUT2D eigenvalue weighted by atomic mass is 10.1. The molecule has 2 N–H and O–H groups in total. The molecule has 1 rings (SSSR count). The summed E-state index contributed by atoms with van der Waals surface area (Å²) < 4.78 is 0. The van der Waals surface area contributed by atoms with Crippen LogP contribution in [0.5, 0.6) is 0 Å². The van der Waals surface area contributed by atoms with Crippen molar-refractivity contribution in [1.29, 1.82) is 0 Å².